The van der Waals surface area contributed by atoms with Gasteiger partial charge in [-0.15, -0.1) is 0 Å². The molecule has 0 aliphatic rings. The summed E-state index contributed by atoms with van der Waals surface area (Å²) in [6.45, 7) is 3.42. The van der Waals surface area contributed by atoms with Gasteiger partial charge in [0.15, 0.2) is 5.82 Å². The van der Waals surface area contributed by atoms with E-state index in [1.165, 1.54) is 12.3 Å². The molecular formula is C14H14ClN5O. The van der Waals surface area contributed by atoms with E-state index in [1.54, 1.807) is 19.2 Å². The zero-order valence-corrected chi connectivity index (χ0v) is 12.1. The molecule has 7 heteroatoms. The summed E-state index contributed by atoms with van der Waals surface area (Å²) in [5.74, 6) is 0.583. The molecule has 0 aliphatic heterocycles. The van der Waals surface area contributed by atoms with Crippen LogP contribution < -0.4 is 16.0 Å². The van der Waals surface area contributed by atoms with Gasteiger partial charge in [-0.3, -0.25) is 4.79 Å². The molecule has 0 saturated heterocycles. The highest BCUT2D eigenvalue weighted by atomic mass is 35.5. The van der Waals surface area contributed by atoms with E-state index in [-0.39, 0.29) is 5.91 Å². The van der Waals surface area contributed by atoms with Gasteiger partial charge >= 0.3 is 0 Å². The molecule has 108 valence electrons. The number of anilines is 4. The molecule has 0 fully saturated rings. The minimum atomic E-state index is -0.297. The molecule has 1 aromatic carbocycles. The van der Waals surface area contributed by atoms with E-state index in [2.05, 4.69) is 32.5 Å². The molecule has 1 aromatic heterocycles. The number of carbonyl (C=O) groups is 1. The maximum Gasteiger partial charge on any atom is 0.247 e. The largest absolute Gasteiger partial charge is 0.357 e. The van der Waals surface area contributed by atoms with Crippen molar-refractivity contribution in [3.63, 3.8) is 0 Å². The fourth-order valence-corrected chi connectivity index (χ4v) is 1.73. The summed E-state index contributed by atoms with van der Waals surface area (Å²) in [5, 5.41) is 8.99. The number of rotatable bonds is 5. The van der Waals surface area contributed by atoms with Gasteiger partial charge in [0.05, 0.1) is 17.6 Å². The molecule has 21 heavy (non-hydrogen) atoms. The number of nitrogens with zero attached hydrogens (tertiary/aromatic N) is 2. The maximum absolute atomic E-state index is 11.4. The van der Waals surface area contributed by atoms with Gasteiger partial charge in [0, 0.05) is 7.05 Å². The SMILES string of the molecule is C=CC(=O)Nc1ccccc1Nc1nc(NC)ncc1Cl. The maximum atomic E-state index is 11.4. The van der Waals surface area contributed by atoms with Gasteiger partial charge in [0.1, 0.15) is 5.02 Å². The van der Waals surface area contributed by atoms with Crippen LogP contribution >= 0.6 is 11.6 Å². The number of hydrogen-bond donors (Lipinski definition) is 3. The lowest BCUT2D eigenvalue weighted by atomic mass is 10.2. The molecule has 0 aliphatic carbocycles. The summed E-state index contributed by atoms with van der Waals surface area (Å²) in [6, 6.07) is 7.21. The lowest BCUT2D eigenvalue weighted by Crippen LogP contribution is -2.09. The van der Waals surface area contributed by atoms with Crippen LogP contribution in [0.15, 0.2) is 43.1 Å². The van der Waals surface area contributed by atoms with E-state index in [0.717, 1.165) is 0 Å². The van der Waals surface area contributed by atoms with Crippen molar-refractivity contribution in [3.05, 3.63) is 48.1 Å². The zero-order chi connectivity index (χ0) is 15.2. The molecule has 2 aromatic rings. The van der Waals surface area contributed by atoms with Crippen LogP contribution in [0.1, 0.15) is 0 Å². The molecule has 2 rings (SSSR count). The van der Waals surface area contributed by atoms with E-state index in [0.29, 0.717) is 28.2 Å². The van der Waals surface area contributed by atoms with Gasteiger partial charge in [-0.25, -0.2) is 4.98 Å². The first kappa shape index (κ1) is 14.8. The third-order valence-corrected chi connectivity index (χ3v) is 2.87. The smallest absolute Gasteiger partial charge is 0.247 e. The van der Waals surface area contributed by atoms with Crippen LogP contribution in [-0.4, -0.2) is 22.9 Å². The second-order valence-electron chi connectivity index (χ2n) is 4.00. The molecule has 0 bridgehead atoms. The quantitative estimate of drug-likeness (QED) is 0.740. The van der Waals surface area contributed by atoms with E-state index in [1.807, 2.05) is 12.1 Å². The minimum absolute atomic E-state index is 0.297. The van der Waals surface area contributed by atoms with E-state index < -0.39 is 0 Å². The Labute approximate surface area is 127 Å². The van der Waals surface area contributed by atoms with Crippen molar-refractivity contribution in [2.45, 2.75) is 0 Å². The van der Waals surface area contributed by atoms with Crippen LogP contribution in [0.4, 0.5) is 23.1 Å². The summed E-state index contributed by atoms with van der Waals surface area (Å²) in [6.07, 6.45) is 2.70. The first-order valence-corrected chi connectivity index (χ1v) is 6.51. The predicted octanol–water partition coefficient (Wildman–Crippen LogP) is 3.04. The average Bonchev–Trinajstić information content (AvgIpc) is 2.51. The molecule has 1 heterocycles. The minimum Gasteiger partial charge on any atom is -0.357 e. The molecule has 0 radical (unpaired) electrons. The van der Waals surface area contributed by atoms with Gasteiger partial charge in [-0.1, -0.05) is 30.3 Å². The van der Waals surface area contributed by atoms with Crippen molar-refractivity contribution in [1.82, 2.24) is 9.97 Å². The monoisotopic (exact) mass is 303 g/mol. The normalized spacial score (nSPS) is 9.81. The Morgan fingerprint density at radius 3 is 2.71 bits per heavy atom. The number of benzene rings is 1. The number of para-hydroxylation sites is 2. The molecule has 0 spiro atoms. The van der Waals surface area contributed by atoms with Crippen LogP contribution in [0.5, 0.6) is 0 Å². The third kappa shape index (κ3) is 3.70. The number of carbonyl (C=O) groups excluding carboxylic acids is 1. The fourth-order valence-electron chi connectivity index (χ4n) is 1.59. The Morgan fingerprint density at radius 2 is 2.05 bits per heavy atom. The Kier molecular flexibility index (Phi) is 4.73. The van der Waals surface area contributed by atoms with Crippen molar-refractivity contribution in [1.29, 1.82) is 0 Å². The lowest BCUT2D eigenvalue weighted by Gasteiger charge is -2.13. The van der Waals surface area contributed by atoms with Crippen molar-refractivity contribution in [2.24, 2.45) is 0 Å². The van der Waals surface area contributed by atoms with Gasteiger partial charge < -0.3 is 16.0 Å². The molecule has 0 saturated carbocycles. The highest BCUT2D eigenvalue weighted by molar-refractivity contribution is 6.33. The summed E-state index contributed by atoms with van der Waals surface area (Å²) in [4.78, 5) is 19.7. The Morgan fingerprint density at radius 1 is 1.33 bits per heavy atom. The zero-order valence-electron chi connectivity index (χ0n) is 11.4. The van der Waals surface area contributed by atoms with Crippen LogP contribution in [0, 0.1) is 0 Å². The van der Waals surface area contributed by atoms with Gasteiger partial charge in [-0.2, -0.15) is 4.98 Å². The van der Waals surface area contributed by atoms with Gasteiger partial charge in [0.2, 0.25) is 11.9 Å². The molecular weight excluding hydrogens is 290 g/mol. The first-order valence-electron chi connectivity index (χ1n) is 6.14. The first-order chi connectivity index (χ1) is 10.1. The second-order valence-corrected chi connectivity index (χ2v) is 4.41. The highest BCUT2D eigenvalue weighted by Crippen LogP contribution is 2.28. The van der Waals surface area contributed by atoms with Crippen LogP contribution in [0.2, 0.25) is 5.02 Å². The van der Waals surface area contributed by atoms with Gasteiger partial charge in [0.25, 0.3) is 0 Å². The molecule has 1 amide bonds. The lowest BCUT2D eigenvalue weighted by molar-refractivity contribution is -0.111. The Balaban J connectivity index is 2.31. The van der Waals surface area contributed by atoms with Crippen molar-refractivity contribution < 1.29 is 4.79 Å². The standard InChI is InChI=1S/C14H14ClN5O/c1-3-12(21)18-10-6-4-5-7-11(10)19-13-9(15)8-17-14(16-2)20-13/h3-8H,1H2,2H3,(H,18,21)(H2,16,17,19,20). The molecule has 3 N–H and O–H groups in total. The summed E-state index contributed by atoms with van der Waals surface area (Å²) >= 11 is 6.07. The van der Waals surface area contributed by atoms with E-state index in [4.69, 9.17) is 11.6 Å². The number of halogens is 1. The number of aromatic nitrogens is 2. The number of nitrogens with one attached hydrogen (secondary N) is 3. The highest BCUT2D eigenvalue weighted by Gasteiger charge is 2.09. The Hall–Kier alpha value is -2.60. The summed E-state index contributed by atoms with van der Waals surface area (Å²) in [5.41, 5.74) is 1.26. The van der Waals surface area contributed by atoms with Crippen LogP contribution in [0.25, 0.3) is 0 Å². The van der Waals surface area contributed by atoms with Crippen LogP contribution in [0.3, 0.4) is 0 Å². The number of amides is 1. The van der Waals surface area contributed by atoms with E-state index >= 15 is 0 Å². The third-order valence-electron chi connectivity index (χ3n) is 2.59. The topological polar surface area (TPSA) is 78.9 Å². The van der Waals surface area contributed by atoms with Crippen LogP contribution in [-0.2, 0) is 4.79 Å². The molecule has 6 nitrogen and oxygen atoms in total. The second kappa shape index (κ2) is 6.71. The molecule has 0 atom stereocenters. The van der Waals surface area contributed by atoms with Gasteiger partial charge in [-0.05, 0) is 18.2 Å². The predicted molar refractivity (Wildman–Crippen MR) is 85.1 cm³/mol. The molecule has 0 unspecified atom stereocenters. The van der Waals surface area contributed by atoms with E-state index in [9.17, 15) is 4.79 Å². The van der Waals surface area contributed by atoms with Crippen molar-refractivity contribution in [3.8, 4) is 0 Å². The number of hydrogen-bond acceptors (Lipinski definition) is 5. The Bertz CT molecular complexity index is 674. The van der Waals surface area contributed by atoms with Crippen molar-refractivity contribution >= 4 is 40.6 Å². The summed E-state index contributed by atoms with van der Waals surface area (Å²) in [7, 11) is 1.71. The average molecular weight is 304 g/mol. The fraction of sp³-hybridized carbons (Fsp3) is 0.0714. The van der Waals surface area contributed by atoms with Crippen molar-refractivity contribution in [2.75, 3.05) is 23.0 Å². The summed E-state index contributed by atoms with van der Waals surface area (Å²) < 4.78 is 0.